The van der Waals surface area contributed by atoms with Crippen LogP contribution in [0.5, 0.6) is 0 Å². The molecule has 5 N–H and O–H groups in total. The number of phosphoric ester groups is 2. The molecule has 0 spiro atoms. The van der Waals surface area contributed by atoms with Gasteiger partial charge in [-0.2, -0.15) is 4.99 Å². The average molecular weight is 503 g/mol. The van der Waals surface area contributed by atoms with Gasteiger partial charge in [0.15, 0.2) is 0 Å². The van der Waals surface area contributed by atoms with Crippen LogP contribution in [0.15, 0.2) is 9.98 Å². The van der Waals surface area contributed by atoms with E-state index < -0.39 is 65.0 Å². The number of aldehydes is 1. The van der Waals surface area contributed by atoms with Gasteiger partial charge in [0.2, 0.25) is 0 Å². The minimum absolute atomic E-state index is 0.266. The van der Waals surface area contributed by atoms with Gasteiger partial charge in [0.05, 0.1) is 24.7 Å². The molecule has 32 heavy (non-hydrogen) atoms. The van der Waals surface area contributed by atoms with Gasteiger partial charge < -0.3 is 25.4 Å². The first-order chi connectivity index (χ1) is 14.6. The molecule has 4 unspecified atom stereocenters. The molecule has 0 radical (unpaired) electrons. The Kier molecular flexibility index (Phi) is 13.4. The highest BCUT2D eigenvalue weighted by Gasteiger charge is 2.33. The van der Waals surface area contributed by atoms with E-state index >= 15 is 0 Å². The molecule has 0 saturated carbocycles. The van der Waals surface area contributed by atoms with E-state index in [0.717, 1.165) is 6.21 Å². The van der Waals surface area contributed by atoms with Crippen LogP contribution in [0, 0.1) is 5.92 Å². The lowest BCUT2D eigenvalue weighted by Crippen LogP contribution is -2.33. The van der Waals surface area contributed by atoms with Gasteiger partial charge in [-0.15, -0.1) is 0 Å². The third kappa shape index (κ3) is 13.9. The van der Waals surface area contributed by atoms with Crippen molar-refractivity contribution in [3.63, 3.8) is 0 Å². The standard InChI is InChI=1S/C16H31N3O11P2/c1-10(2)28-31(23,24)27-9-13(21)14(30-32(25,26)29-11(3)4)6-7-18-16(22)19-15(17)12(5)8-20/h7-8,10-14,21H,6,9H2,1-5H3,(H,23,24)(H,25,26)(H2,17,19,22)/b18-7-/t12?,13-,14?/m0/s1. The molecule has 0 aromatic rings. The van der Waals surface area contributed by atoms with Crippen LogP contribution in [0.1, 0.15) is 41.0 Å². The number of amides is 2. The third-order valence-corrected chi connectivity index (χ3v) is 5.62. The fraction of sp³-hybridized carbons (Fsp3) is 0.750. The number of rotatable bonds is 14. The van der Waals surface area contributed by atoms with Crippen molar-refractivity contribution in [3.05, 3.63) is 0 Å². The molecule has 0 aromatic heterocycles. The van der Waals surface area contributed by atoms with Crippen molar-refractivity contribution in [3.8, 4) is 0 Å². The number of nitrogens with two attached hydrogens (primary N) is 1. The Labute approximate surface area is 186 Å². The third-order valence-electron chi connectivity index (χ3n) is 3.23. The van der Waals surface area contributed by atoms with Crippen molar-refractivity contribution in [1.82, 2.24) is 0 Å². The molecule has 0 heterocycles. The van der Waals surface area contributed by atoms with E-state index in [9.17, 15) is 33.6 Å². The van der Waals surface area contributed by atoms with Crippen molar-refractivity contribution >= 4 is 40.0 Å². The van der Waals surface area contributed by atoms with Gasteiger partial charge in [-0.05, 0) is 34.6 Å². The Morgan fingerprint density at radius 1 is 1.03 bits per heavy atom. The van der Waals surface area contributed by atoms with Gasteiger partial charge in [0, 0.05) is 12.6 Å². The summed E-state index contributed by atoms with van der Waals surface area (Å²) in [6.45, 7) is 6.50. The van der Waals surface area contributed by atoms with E-state index in [0.29, 0.717) is 6.29 Å². The van der Waals surface area contributed by atoms with Crippen LogP contribution in [-0.4, -0.2) is 70.3 Å². The van der Waals surface area contributed by atoms with E-state index in [2.05, 4.69) is 19.0 Å². The van der Waals surface area contributed by atoms with Crippen LogP contribution in [0.25, 0.3) is 0 Å². The molecule has 2 amide bonds. The first kappa shape index (κ1) is 30.7. The molecule has 0 aliphatic heterocycles. The second-order valence-corrected chi connectivity index (χ2v) is 9.81. The summed E-state index contributed by atoms with van der Waals surface area (Å²) in [7, 11) is -9.17. The Bertz CT molecular complexity index is 772. The maximum Gasteiger partial charge on any atom is 0.472 e. The molecular weight excluding hydrogens is 472 g/mol. The van der Waals surface area contributed by atoms with E-state index in [1.165, 1.54) is 34.6 Å². The van der Waals surface area contributed by atoms with Crippen molar-refractivity contribution in [2.24, 2.45) is 21.6 Å². The molecular formula is C16H31N3O11P2. The smallest absolute Gasteiger partial charge is 0.388 e. The number of aliphatic hydroxyl groups is 1. The van der Waals surface area contributed by atoms with Crippen LogP contribution in [0.3, 0.4) is 0 Å². The molecule has 14 nitrogen and oxygen atoms in total. The summed E-state index contributed by atoms with van der Waals surface area (Å²) in [5, 5.41) is 10.3. The number of carbonyl (C=O) groups excluding carboxylic acids is 2. The Hall–Kier alpha value is -1.34. The molecule has 5 atom stereocenters. The highest BCUT2D eigenvalue weighted by atomic mass is 31.2. The SMILES string of the molecule is CC(C)OP(=O)(O)OC[C@H](O)C(C/C=N\C(=O)/N=C(/N)C(C)C=O)OP(=O)(O)OC(C)C. The second kappa shape index (κ2) is 14.0. The number of nitrogens with zero attached hydrogens (tertiary/aromatic N) is 2. The van der Waals surface area contributed by atoms with E-state index in [-0.39, 0.29) is 5.84 Å². The number of urea groups is 1. The van der Waals surface area contributed by atoms with Gasteiger partial charge in [-0.3, -0.25) is 18.1 Å². The number of hydrogen-bond acceptors (Lipinski definition) is 9. The lowest BCUT2D eigenvalue weighted by molar-refractivity contribution is -0.109. The van der Waals surface area contributed by atoms with E-state index in [1.54, 1.807) is 0 Å². The molecule has 16 heteroatoms. The maximum atomic E-state index is 12.1. The minimum atomic E-state index is -4.66. The quantitative estimate of drug-likeness (QED) is 0.115. The largest absolute Gasteiger partial charge is 0.472 e. The Morgan fingerprint density at radius 3 is 2.06 bits per heavy atom. The summed E-state index contributed by atoms with van der Waals surface area (Å²) in [6, 6.07) is -1.07. The molecule has 0 aliphatic rings. The van der Waals surface area contributed by atoms with Crippen molar-refractivity contribution in [1.29, 1.82) is 0 Å². The van der Waals surface area contributed by atoms with Gasteiger partial charge in [0.1, 0.15) is 24.3 Å². The minimum Gasteiger partial charge on any atom is -0.388 e. The fourth-order valence-electron chi connectivity index (χ4n) is 1.85. The van der Waals surface area contributed by atoms with Gasteiger partial charge in [-0.1, -0.05) is 0 Å². The monoisotopic (exact) mass is 503 g/mol. The van der Waals surface area contributed by atoms with Gasteiger partial charge in [0.25, 0.3) is 0 Å². The molecule has 0 fully saturated rings. The molecule has 0 bridgehead atoms. The predicted molar refractivity (Wildman–Crippen MR) is 114 cm³/mol. The van der Waals surface area contributed by atoms with Crippen LogP contribution in [0.2, 0.25) is 0 Å². The second-order valence-electron chi connectivity index (χ2n) is 7.04. The average Bonchev–Trinajstić information content (AvgIpc) is 2.62. The number of hydrogen-bond donors (Lipinski definition) is 4. The lowest BCUT2D eigenvalue weighted by Gasteiger charge is -2.25. The van der Waals surface area contributed by atoms with E-state index in [4.69, 9.17) is 14.8 Å². The molecule has 186 valence electrons. The number of carbonyl (C=O) groups is 2. The van der Waals surface area contributed by atoms with Crippen molar-refractivity contribution in [2.45, 2.75) is 65.5 Å². The van der Waals surface area contributed by atoms with Crippen LogP contribution < -0.4 is 5.73 Å². The van der Waals surface area contributed by atoms with Crippen LogP contribution in [-0.2, 0) is 32.0 Å². The Balaban J connectivity index is 5.34. The summed E-state index contributed by atoms with van der Waals surface area (Å²) >= 11 is 0. The topological polar surface area (TPSA) is 217 Å². The van der Waals surface area contributed by atoms with Crippen molar-refractivity contribution < 1.29 is 51.7 Å². The Morgan fingerprint density at radius 2 is 1.56 bits per heavy atom. The zero-order valence-corrected chi connectivity index (χ0v) is 20.2. The number of phosphoric acid groups is 2. The summed E-state index contributed by atoms with van der Waals surface area (Å²) in [5.41, 5.74) is 5.45. The van der Waals surface area contributed by atoms with E-state index in [1.807, 2.05) is 0 Å². The molecule has 0 aromatic carbocycles. The number of aliphatic imine (C=N–C) groups is 2. The molecule has 0 saturated heterocycles. The van der Waals surface area contributed by atoms with Crippen LogP contribution in [0.4, 0.5) is 4.79 Å². The zero-order chi connectivity index (χ0) is 25.1. The zero-order valence-electron chi connectivity index (χ0n) is 18.4. The highest BCUT2D eigenvalue weighted by molar-refractivity contribution is 7.47. The van der Waals surface area contributed by atoms with Gasteiger partial charge >= 0.3 is 21.7 Å². The lowest BCUT2D eigenvalue weighted by atomic mass is 10.1. The fourth-order valence-corrected chi connectivity index (χ4v) is 3.94. The number of amidine groups is 1. The maximum absolute atomic E-state index is 12.1. The summed E-state index contributed by atoms with van der Waals surface area (Å²) < 4.78 is 42.9. The van der Waals surface area contributed by atoms with Crippen molar-refractivity contribution in [2.75, 3.05) is 6.61 Å². The highest BCUT2D eigenvalue weighted by Crippen LogP contribution is 2.48. The van der Waals surface area contributed by atoms with Gasteiger partial charge in [-0.25, -0.2) is 18.9 Å². The molecule has 0 aliphatic carbocycles. The summed E-state index contributed by atoms with van der Waals surface area (Å²) in [4.78, 5) is 48.5. The predicted octanol–water partition coefficient (Wildman–Crippen LogP) is 1.57. The summed E-state index contributed by atoms with van der Waals surface area (Å²) in [5.74, 6) is -1.07. The first-order valence-electron chi connectivity index (χ1n) is 9.47. The first-order valence-corrected chi connectivity index (χ1v) is 12.5. The molecule has 0 rings (SSSR count). The summed E-state index contributed by atoms with van der Waals surface area (Å²) in [6.07, 6.45) is -3.67. The normalized spacial score (nSPS) is 19.5. The number of aliphatic hydroxyl groups excluding tert-OH is 1. The van der Waals surface area contributed by atoms with Crippen LogP contribution >= 0.6 is 15.6 Å².